The summed E-state index contributed by atoms with van der Waals surface area (Å²) < 4.78 is 0. The van der Waals surface area contributed by atoms with Crippen molar-refractivity contribution in [3.8, 4) is 17.2 Å². The first-order valence-electron chi connectivity index (χ1n) is 8.52. The van der Waals surface area contributed by atoms with Gasteiger partial charge in [0.15, 0.2) is 0 Å². The van der Waals surface area contributed by atoms with E-state index in [1.165, 1.54) is 18.4 Å². The van der Waals surface area contributed by atoms with Gasteiger partial charge in [-0.3, -0.25) is 9.69 Å². The van der Waals surface area contributed by atoms with Crippen LogP contribution in [0, 0.1) is 24.2 Å². The van der Waals surface area contributed by atoms with Crippen LogP contribution >= 0.6 is 0 Å². The molecule has 0 bridgehead atoms. The largest absolute Gasteiger partial charge is 0.325 e. The Kier molecular flexibility index (Phi) is 4.82. The maximum absolute atomic E-state index is 12.0. The first-order chi connectivity index (χ1) is 11.6. The van der Waals surface area contributed by atoms with E-state index in [-0.39, 0.29) is 11.1 Å². The summed E-state index contributed by atoms with van der Waals surface area (Å²) in [6.45, 7) is 7.35. The van der Waals surface area contributed by atoms with Gasteiger partial charge in [0, 0.05) is 17.8 Å². The Bertz CT molecular complexity index is 824. The highest BCUT2D eigenvalue weighted by atomic mass is 16.1. The number of H-pyrrole nitrogens is 1. The number of aromatic amines is 1. The summed E-state index contributed by atoms with van der Waals surface area (Å²) in [6.07, 6.45) is 2.51. The fourth-order valence-corrected chi connectivity index (χ4v) is 3.34. The molecule has 1 aliphatic rings. The molecule has 1 aromatic heterocycles. The summed E-state index contributed by atoms with van der Waals surface area (Å²) in [5, 5.41) is 9.33. The summed E-state index contributed by atoms with van der Waals surface area (Å²) >= 11 is 0. The van der Waals surface area contributed by atoms with E-state index in [1.807, 2.05) is 31.2 Å². The fourth-order valence-electron chi connectivity index (χ4n) is 3.34. The summed E-state index contributed by atoms with van der Waals surface area (Å²) in [5.41, 5.74) is 3.51. The molecule has 2 heterocycles. The van der Waals surface area contributed by atoms with Gasteiger partial charge < -0.3 is 4.98 Å². The number of hydrogen-bond acceptors (Lipinski definition) is 3. The van der Waals surface area contributed by atoms with E-state index >= 15 is 0 Å². The normalized spacial score (nSPS) is 16.0. The number of aryl methyl sites for hydroxylation is 1. The van der Waals surface area contributed by atoms with Crippen LogP contribution in [0.1, 0.15) is 36.6 Å². The first-order valence-corrected chi connectivity index (χ1v) is 8.52. The van der Waals surface area contributed by atoms with Crippen LogP contribution in [0.2, 0.25) is 0 Å². The third kappa shape index (κ3) is 3.58. The van der Waals surface area contributed by atoms with E-state index in [0.29, 0.717) is 5.56 Å². The molecule has 0 aliphatic carbocycles. The van der Waals surface area contributed by atoms with E-state index in [9.17, 15) is 10.1 Å². The minimum Gasteiger partial charge on any atom is -0.325 e. The molecule has 0 saturated carbocycles. The van der Waals surface area contributed by atoms with Gasteiger partial charge in [0.1, 0.15) is 11.6 Å². The summed E-state index contributed by atoms with van der Waals surface area (Å²) in [7, 11) is 0. The average Bonchev–Trinajstić information content (AvgIpc) is 2.57. The SMILES string of the molecule is Cc1cc(-c2cccc(CN3CCC(C)CC3)c2)c(C#N)c(=O)[nH]1. The van der Waals surface area contributed by atoms with Crippen molar-refractivity contribution in [2.24, 2.45) is 5.92 Å². The zero-order valence-electron chi connectivity index (χ0n) is 14.3. The van der Waals surface area contributed by atoms with Crippen LogP contribution in [-0.4, -0.2) is 23.0 Å². The number of aromatic nitrogens is 1. The van der Waals surface area contributed by atoms with Crippen LogP contribution in [-0.2, 0) is 6.54 Å². The maximum Gasteiger partial charge on any atom is 0.266 e. The van der Waals surface area contributed by atoms with Crippen molar-refractivity contribution in [2.45, 2.75) is 33.2 Å². The second-order valence-corrected chi connectivity index (χ2v) is 6.84. The molecule has 0 spiro atoms. The third-order valence-corrected chi connectivity index (χ3v) is 4.80. The standard InChI is InChI=1S/C20H23N3O/c1-14-6-8-23(9-7-14)13-16-4-3-5-17(11-16)18-10-15(2)22-20(24)19(18)12-21/h3-5,10-11,14H,6-9,13H2,1-2H3,(H,22,24). The van der Waals surface area contributed by atoms with Crippen LogP contribution in [0.15, 0.2) is 35.1 Å². The monoisotopic (exact) mass is 321 g/mol. The molecular formula is C20H23N3O. The number of benzene rings is 1. The van der Waals surface area contributed by atoms with Gasteiger partial charge in [-0.15, -0.1) is 0 Å². The zero-order valence-corrected chi connectivity index (χ0v) is 14.3. The van der Waals surface area contributed by atoms with Crippen LogP contribution in [0.4, 0.5) is 0 Å². The lowest BCUT2D eigenvalue weighted by atomic mass is 9.97. The van der Waals surface area contributed by atoms with Gasteiger partial charge in [-0.05, 0) is 62.0 Å². The van der Waals surface area contributed by atoms with Crippen molar-refractivity contribution in [1.82, 2.24) is 9.88 Å². The van der Waals surface area contributed by atoms with Crippen LogP contribution in [0.5, 0.6) is 0 Å². The van der Waals surface area contributed by atoms with E-state index in [2.05, 4.69) is 28.9 Å². The Labute approximate surface area is 142 Å². The molecule has 0 unspecified atom stereocenters. The van der Waals surface area contributed by atoms with Gasteiger partial charge in [-0.25, -0.2) is 0 Å². The third-order valence-electron chi connectivity index (χ3n) is 4.80. The smallest absolute Gasteiger partial charge is 0.266 e. The second kappa shape index (κ2) is 7.02. The first kappa shape index (κ1) is 16.5. The summed E-state index contributed by atoms with van der Waals surface area (Å²) in [6, 6.07) is 12.1. The molecular weight excluding hydrogens is 298 g/mol. The molecule has 3 rings (SSSR count). The van der Waals surface area contributed by atoms with Crippen molar-refractivity contribution in [1.29, 1.82) is 5.26 Å². The Balaban J connectivity index is 1.89. The highest BCUT2D eigenvalue weighted by molar-refractivity contribution is 5.70. The molecule has 1 saturated heterocycles. The molecule has 0 radical (unpaired) electrons. The predicted octanol–water partition coefficient (Wildman–Crippen LogP) is 3.45. The number of nitrogens with one attached hydrogen (secondary N) is 1. The number of likely N-dealkylation sites (tertiary alicyclic amines) is 1. The summed E-state index contributed by atoms with van der Waals surface area (Å²) in [5.74, 6) is 0.824. The number of nitrogens with zero attached hydrogens (tertiary/aromatic N) is 2. The Hall–Kier alpha value is -2.38. The van der Waals surface area contributed by atoms with Gasteiger partial charge >= 0.3 is 0 Å². The minimum atomic E-state index is -0.317. The van der Waals surface area contributed by atoms with E-state index < -0.39 is 0 Å². The fraction of sp³-hybridized carbons (Fsp3) is 0.400. The lowest BCUT2D eigenvalue weighted by Crippen LogP contribution is -2.32. The van der Waals surface area contributed by atoms with Crippen LogP contribution in [0.25, 0.3) is 11.1 Å². The quantitative estimate of drug-likeness (QED) is 0.942. The average molecular weight is 321 g/mol. The van der Waals surface area contributed by atoms with Crippen molar-refractivity contribution in [2.75, 3.05) is 13.1 Å². The molecule has 2 aromatic rings. The van der Waals surface area contributed by atoms with E-state index in [0.717, 1.165) is 36.8 Å². The Morgan fingerprint density at radius 1 is 1.29 bits per heavy atom. The Morgan fingerprint density at radius 3 is 2.75 bits per heavy atom. The Morgan fingerprint density at radius 2 is 2.04 bits per heavy atom. The lowest BCUT2D eigenvalue weighted by molar-refractivity contribution is 0.185. The highest BCUT2D eigenvalue weighted by Crippen LogP contribution is 2.24. The molecule has 1 fully saturated rings. The minimum absolute atomic E-state index is 0.185. The van der Waals surface area contributed by atoms with Gasteiger partial charge in [-0.2, -0.15) is 5.26 Å². The second-order valence-electron chi connectivity index (χ2n) is 6.84. The number of piperidine rings is 1. The lowest BCUT2D eigenvalue weighted by Gasteiger charge is -2.30. The van der Waals surface area contributed by atoms with Gasteiger partial charge in [0.25, 0.3) is 5.56 Å². The topological polar surface area (TPSA) is 59.9 Å². The van der Waals surface area contributed by atoms with E-state index in [4.69, 9.17) is 0 Å². The molecule has 4 heteroatoms. The van der Waals surface area contributed by atoms with Crippen molar-refractivity contribution in [3.63, 3.8) is 0 Å². The molecule has 0 amide bonds. The maximum atomic E-state index is 12.0. The molecule has 1 aliphatic heterocycles. The predicted molar refractivity (Wildman–Crippen MR) is 95.6 cm³/mol. The molecule has 0 atom stereocenters. The number of nitriles is 1. The van der Waals surface area contributed by atoms with E-state index in [1.54, 1.807) is 0 Å². The molecule has 4 nitrogen and oxygen atoms in total. The van der Waals surface area contributed by atoms with Crippen molar-refractivity contribution >= 4 is 0 Å². The molecule has 1 N–H and O–H groups in total. The zero-order chi connectivity index (χ0) is 17.1. The number of pyridine rings is 1. The molecule has 1 aromatic carbocycles. The van der Waals surface area contributed by atoms with Gasteiger partial charge in [0.2, 0.25) is 0 Å². The van der Waals surface area contributed by atoms with Crippen molar-refractivity contribution < 1.29 is 0 Å². The van der Waals surface area contributed by atoms with Crippen LogP contribution in [0.3, 0.4) is 0 Å². The summed E-state index contributed by atoms with van der Waals surface area (Å²) in [4.78, 5) is 17.2. The molecule has 124 valence electrons. The number of rotatable bonds is 3. The van der Waals surface area contributed by atoms with Crippen molar-refractivity contribution in [3.05, 3.63) is 57.5 Å². The van der Waals surface area contributed by atoms with Crippen LogP contribution < -0.4 is 5.56 Å². The highest BCUT2D eigenvalue weighted by Gasteiger charge is 2.16. The number of hydrogen-bond donors (Lipinski definition) is 1. The van der Waals surface area contributed by atoms with Gasteiger partial charge in [0.05, 0.1) is 0 Å². The molecule has 24 heavy (non-hydrogen) atoms. The van der Waals surface area contributed by atoms with Gasteiger partial charge in [-0.1, -0.05) is 25.1 Å².